The van der Waals surface area contributed by atoms with E-state index in [0.29, 0.717) is 22.7 Å². The normalized spacial score (nSPS) is 20.3. The fourth-order valence-electron chi connectivity index (χ4n) is 3.31. The summed E-state index contributed by atoms with van der Waals surface area (Å²) < 4.78 is 10.6. The SMILES string of the molecule is Cc1cccc(NC(=O)CN2C(=O)N[C@@](C)(c3ccc4c(c3)OCO4)C2=O)c1. The molecule has 4 rings (SSSR count). The maximum atomic E-state index is 13.0. The first-order valence-electron chi connectivity index (χ1n) is 8.77. The molecule has 0 aliphatic carbocycles. The van der Waals surface area contributed by atoms with Gasteiger partial charge < -0.3 is 20.1 Å². The van der Waals surface area contributed by atoms with Crippen molar-refractivity contribution in [1.82, 2.24) is 10.2 Å². The van der Waals surface area contributed by atoms with Crippen molar-refractivity contribution in [3.05, 3.63) is 53.6 Å². The maximum absolute atomic E-state index is 13.0. The van der Waals surface area contributed by atoms with E-state index in [1.54, 1.807) is 37.3 Å². The third-order valence-corrected chi connectivity index (χ3v) is 4.83. The lowest BCUT2D eigenvalue weighted by molar-refractivity contribution is -0.133. The monoisotopic (exact) mass is 381 g/mol. The van der Waals surface area contributed by atoms with E-state index in [4.69, 9.17) is 9.47 Å². The minimum Gasteiger partial charge on any atom is -0.454 e. The number of carbonyl (C=O) groups excluding carboxylic acids is 3. The maximum Gasteiger partial charge on any atom is 0.325 e. The Morgan fingerprint density at radius 3 is 2.75 bits per heavy atom. The summed E-state index contributed by atoms with van der Waals surface area (Å²) in [6, 6.07) is 11.7. The molecule has 0 saturated carbocycles. The van der Waals surface area contributed by atoms with Crippen molar-refractivity contribution in [3.63, 3.8) is 0 Å². The van der Waals surface area contributed by atoms with Crippen molar-refractivity contribution < 1.29 is 23.9 Å². The zero-order valence-corrected chi connectivity index (χ0v) is 15.4. The van der Waals surface area contributed by atoms with Gasteiger partial charge >= 0.3 is 6.03 Å². The van der Waals surface area contributed by atoms with Crippen molar-refractivity contribution in [2.75, 3.05) is 18.7 Å². The average molecular weight is 381 g/mol. The molecule has 1 saturated heterocycles. The lowest BCUT2D eigenvalue weighted by atomic mass is 9.91. The second-order valence-electron chi connectivity index (χ2n) is 6.93. The van der Waals surface area contributed by atoms with Gasteiger partial charge in [0.1, 0.15) is 12.1 Å². The number of anilines is 1. The largest absolute Gasteiger partial charge is 0.454 e. The van der Waals surface area contributed by atoms with Crippen LogP contribution in [0.3, 0.4) is 0 Å². The first-order valence-corrected chi connectivity index (χ1v) is 8.77. The Labute approximate surface area is 161 Å². The molecule has 1 fully saturated rings. The summed E-state index contributed by atoms with van der Waals surface area (Å²) in [5.41, 5.74) is 0.859. The Balaban J connectivity index is 1.51. The van der Waals surface area contributed by atoms with Gasteiger partial charge in [0.15, 0.2) is 11.5 Å². The third-order valence-electron chi connectivity index (χ3n) is 4.83. The minimum atomic E-state index is -1.29. The summed E-state index contributed by atoms with van der Waals surface area (Å²) in [4.78, 5) is 38.6. The highest BCUT2D eigenvalue weighted by molar-refractivity contribution is 6.10. The van der Waals surface area contributed by atoms with Crippen LogP contribution in [0.4, 0.5) is 10.5 Å². The molecule has 4 amide bonds. The van der Waals surface area contributed by atoms with E-state index in [9.17, 15) is 14.4 Å². The molecule has 0 bridgehead atoms. The molecule has 0 unspecified atom stereocenters. The van der Waals surface area contributed by atoms with Gasteiger partial charge in [-0.05, 0) is 49.2 Å². The topological polar surface area (TPSA) is 97.0 Å². The molecule has 0 radical (unpaired) electrons. The molecule has 2 heterocycles. The first kappa shape index (κ1) is 17.8. The first-order chi connectivity index (χ1) is 13.4. The van der Waals surface area contributed by atoms with Gasteiger partial charge in [-0.25, -0.2) is 4.79 Å². The number of nitrogens with zero attached hydrogens (tertiary/aromatic N) is 1. The molecule has 2 aromatic carbocycles. The molecule has 2 aliphatic heterocycles. The van der Waals surface area contributed by atoms with Crippen LogP contribution in [0.1, 0.15) is 18.1 Å². The minimum absolute atomic E-state index is 0.112. The van der Waals surface area contributed by atoms with E-state index >= 15 is 0 Å². The second kappa shape index (κ2) is 6.56. The number of hydrogen-bond acceptors (Lipinski definition) is 5. The van der Waals surface area contributed by atoms with E-state index in [1.807, 2.05) is 19.1 Å². The zero-order chi connectivity index (χ0) is 19.9. The van der Waals surface area contributed by atoms with Crippen molar-refractivity contribution in [2.45, 2.75) is 19.4 Å². The Kier molecular flexibility index (Phi) is 4.18. The number of amides is 4. The number of urea groups is 1. The van der Waals surface area contributed by atoms with Crippen LogP contribution in [0.2, 0.25) is 0 Å². The summed E-state index contributed by atoms with van der Waals surface area (Å²) in [5.74, 6) is 0.134. The quantitative estimate of drug-likeness (QED) is 0.791. The molecule has 2 N–H and O–H groups in total. The van der Waals surface area contributed by atoms with Crippen molar-refractivity contribution >= 4 is 23.5 Å². The van der Waals surface area contributed by atoms with Gasteiger partial charge in [0.25, 0.3) is 5.91 Å². The Morgan fingerprint density at radius 1 is 1.18 bits per heavy atom. The van der Waals surface area contributed by atoms with Gasteiger partial charge in [-0.2, -0.15) is 0 Å². The number of carbonyl (C=O) groups is 3. The lowest BCUT2D eigenvalue weighted by Crippen LogP contribution is -2.42. The van der Waals surface area contributed by atoms with Crippen LogP contribution in [0, 0.1) is 6.92 Å². The van der Waals surface area contributed by atoms with Crippen LogP contribution in [0.25, 0.3) is 0 Å². The molecule has 0 aromatic heterocycles. The number of rotatable bonds is 4. The molecular formula is C20H19N3O5. The Morgan fingerprint density at radius 2 is 1.96 bits per heavy atom. The van der Waals surface area contributed by atoms with E-state index in [0.717, 1.165) is 10.5 Å². The molecule has 144 valence electrons. The molecule has 0 spiro atoms. The van der Waals surface area contributed by atoms with Crippen LogP contribution in [-0.4, -0.2) is 36.1 Å². The average Bonchev–Trinajstić information content (AvgIpc) is 3.20. The van der Waals surface area contributed by atoms with E-state index in [-0.39, 0.29) is 13.3 Å². The molecule has 1 atom stereocenters. The fraction of sp³-hybridized carbons (Fsp3) is 0.250. The molecule has 2 aromatic rings. The van der Waals surface area contributed by atoms with Crippen LogP contribution in [-0.2, 0) is 15.1 Å². The number of aryl methyl sites for hydroxylation is 1. The van der Waals surface area contributed by atoms with Gasteiger partial charge in [-0.15, -0.1) is 0 Å². The molecule has 28 heavy (non-hydrogen) atoms. The van der Waals surface area contributed by atoms with Crippen LogP contribution < -0.4 is 20.1 Å². The Bertz CT molecular complexity index is 990. The molecular weight excluding hydrogens is 362 g/mol. The molecule has 2 aliphatic rings. The van der Waals surface area contributed by atoms with Crippen LogP contribution >= 0.6 is 0 Å². The van der Waals surface area contributed by atoms with E-state index < -0.39 is 23.4 Å². The predicted molar refractivity (Wildman–Crippen MR) is 100.0 cm³/mol. The van der Waals surface area contributed by atoms with Gasteiger partial charge in [0.05, 0.1) is 0 Å². The van der Waals surface area contributed by atoms with Gasteiger partial charge in [-0.1, -0.05) is 18.2 Å². The van der Waals surface area contributed by atoms with Crippen molar-refractivity contribution in [2.24, 2.45) is 0 Å². The number of benzene rings is 2. The van der Waals surface area contributed by atoms with Gasteiger partial charge in [-0.3, -0.25) is 14.5 Å². The number of hydrogen-bond donors (Lipinski definition) is 2. The molecule has 8 heteroatoms. The van der Waals surface area contributed by atoms with Crippen LogP contribution in [0.15, 0.2) is 42.5 Å². The Hall–Kier alpha value is -3.55. The lowest BCUT2D eigenvalue weighted by Gasteiger charge is -2.22. The number of ether oxygens (including phenoxy) is 2. The summed E-state index contributed by atoms with van der Waals surface area (Å²) >= 11 is 0. The standard InChI is InChI=1S/C20H19N3O5/c1-12-4-3-5-14(8-12)21-17(24)10-23-18(25)20(2,22-19(23)26)13-6-7-15-16(9-13)28-11-27-15/h3-9H,10-11H2,1-2H3,(H,21,24)(H,22,26)/t20-/m0/s1. The number of imide groups is 1. The van der Waals surface area contributed by atoms with Crippen molar-refractivity contribution in [3.8, 4) is 11.5 Å². The third kappa shape index (κ3) is 3.02. The number of fused-ring (bicyclic) bond motifs is 1. The van der Waals surface area contributed by atoms with Gasteiger partial charge in [0.2, 0.25) is 12.7 Å². The zero-order valence-electron chi connectivity index (χ0n) is 15.4. The smallest absolute Gasteiger partial charge is 0.325 e. The highest BCUT2D eigenvalue weighted by Crippen LogP contribution is 2.37. The number of nitrogens with one attached hydrogen (secondary N) is 2. The highest BCUT2D eigenvalue weighted by atomic mass is 16.7. The molecule has 8 nitrogen and oxygen atoms in total. The van der Waals surface area contributed by atoms with E-state index in [1.165, 1.54) is 0 Å². The van der Waals surface area contributed by atoms with Gasteiger partial charge in [0, 0.05) is 5.69 Å². The van der Waals surface area contributed by atoms with E-state index in [2.05, 4.69) is 10.6 Å². The summed E-state index contributed by atoms with van der Waals surface area (Å²) in [6.45, 7) is 3.24. The predicted octanol–water partition coefficient (Wildman–Crippen LogP) is 2.13. The van der Waals surface area contributed by atoms with Crippen molar-refractivity contribution in [1.29, 1.82) is 0 Å². The fourth-order valence-corrected chi connectivity index (χ4v) is 3.31. The summed E-state index contributed by atoms with van der Waals surface area (Å²) in [7, 11) is 0. The second-order valence-corrected chi connectivity index (χ2v) is 6.93. The summed E-state index contributed by atoms with van der Waals surface area (Å²) in [6.07, 6.45) is 0. The summed E-state index contributed by atoms with van der Waals surface area (Å²) in [5, 5.41) is 5.38. The van der Waals surface area contributed by atoms with Crippen LogP contribution in [0.5, 0.6) is 11.5 Å². The highest BCUT2D eigenvalue weighted by Gasteiger charge is 2.49.